The molecule has 1 heterocycles. The predicted molar refractivity (Wildman–Crippen MR) is 96.2 cm³/mol. The smallest absolute Gasteiger partial charge is 0.348 e. The number of hydrogen-bond acceptors (Lipinski definition) is 6. The topological polar surface area (TPSA) is 54.0 Å². The lowest BCUT2D eigenvalue weighted by Crippen LogP contribution is -2.22. The zero-order valence-corrected chi connectivity index (χ0v) is 16.7. The lowest BCUT2D eigenvalue weighted by Gasteiger charge is -2.19. The Balaban J connectivity index is 2.40. The Morgan fingerprint density at radius 3 is 2.04 bits per heavy atom. The van der Waals surface area contributed by atoms with E-state index >= 15 is 0 Å². The third-order valence-corrected chi connectivity index (χ3v) is 3.91. The molecule has 5 nitrogen and oxygen atoms in total. The van der Waals surface area contributed by atoms with Crippen molar-refractivity contribution in [3.05, 3.63) is 16.5 Å². The Hall–Kier alpha value is -1.11. The highest BCUT2D eigenvalue weighted by molar-refractivity contribution is 7.15. The molecular formula is C18H30O5S. The number of thiophene rings is 1. The Bertz CT molecular complexity index is 522. The largest absolute Gasteiger partial charge is 0.481 e. The molecule has 0 saturated carbocycles. The van der Waals surface area contributed by atoms with Crippen LogP contribution in [0.2, 0.25) is 0 Å². The zero-order valence-electron chi connectivity index (χ0n) is 15.9. The van der Waals surface area contributed by atoms with Gasteiger partial charge in [-0.3, -0.25) is 0 Å². The summed E-state index contributed by atoms with van der Waals surface area (Å²) in [5.74, 6) is -0.346. The van der Waals surface area contributed by atoms with Gasteiger partial charge >= 0.3 is 5.97 Å². The summed E-state index contributed by atoms with van der Waals surface area (Å²) in [5.41, 5.74) is 0.508. The van der Waals surface area contributed by atoms with Crippen molar-refractivity contribution in [2.24, 2.45) is 0 Å². The van der Waals surface area contributed by atoms with Crippen LogP contribution in [0.3, 0.4) is 0 Å². The van der Waals surface area contributed by atoms with Gasteiger partial charge in [0.15, 0.2) is 5.06 Å². The van der Waals surface area contributed by atoms with E-state index in [1.165, 1.54) is 11.3 Å². The minimum Gasteiger partial charge on any atom is -0.481 e. The molecule has 1 rings (SSSR count). The van der Waals surface area contributed by atoms with Crippen molar-refractivity contribution >= 4 is 17.3 Å². The number of carbonyl (C=O) groups excluding carboxylic acids is 1. The zero-order chi connectivity index (χ0) is 18.4. The molecule has 0 aliphatic carbocycles. The maximum Gasteiger partial charge on any atom is 0.348 e. The van der Waals surface area contributed by atoms with Crippen LogP contribution >= 0.6 is 11.3 Å². The highest BCUT2D eigenvalue weighted by Crippen LogP contribution is 2.30. The molecule has 0 saturated heterocycles. The first-order chi connectivity index (χ1) is 11.0. The average Bonchev–Trinajstić information content (AvgIpc) is 2.79. The number of rotatable bonds is 8. The van der Waals surface area contributed by atoms with Gasteiger partial charge < -0.3 is 18.9 Å². The Labute approximate surface area is 149 Å². The third-order valence-electron chi connectivity index (χ3n) is 2.78. The van der Waals surface area contributed by atoms with Crippen LogP contribution in [0.25, 0.3) is 0 Å². The number of aryl methyl sites for hydroxylation is 1. The van der Waals surface area contributed by atoms with Gasteiger partial charge in [-0.15, -0.1) is 0 Å². The molecule has 1 aromatic heterocycles. The normalized spacial score (nSPS) is 12.3. The standard InChI is InChI=1S/C18H30O5S/c1-13-12-14(15(19)20-8-10-22-17(2,3)4)24-16(13)21-9-11-23-18(5,6)7/h12H,8-11H2,1-7H3. The summed E-state index contributed by atoms with van der Waals surface area (Å²) < 4.78 is 22.1. The van der Waals surface area contributed by atoms with E-state index in [4.69, 9.17) is 18.9 Å². The number of carbonyl (C=O) groups is 1. The van der Waals surface area contributed by atoms with Crippen molar-refractivity contribution in [2.75, 3.05) is 26.4 Å². The maximum atomic E-state index is 12.0. The van der Waals surface area contributed by atoms with Crippen LogP contribution in [0.4, 0.5) is 0 Å². The van der Waals surface area contributed by atoms with E-state index in [0.29, 0.717) is 24.7 Å². The molecular weight excluding hydrogens is 328 g/mol. The summed E-state index contributed by atoms with van der Waals surface area (Å²) >= 11 is 1.30. The van der Waals surface area contributed by atoms with Crippen molar-refractivity contribution < 1.29 is 23.7 Å². The van der Waals surface area contributed by atoms with E-state index in [0.717, 1.165) is 10.6 Å². The van der Waals surface area contributed by atoms with Gasteiger partial charge in [0.05, 0.1) is 24.4 Å². The second-order valence-electron chi connectivity index (χ2n) is 7.49. The molecule has 0 N–H and O–H groups in total. The molecule has 0 aromatic carbocycles. The fourth-order valence-corrected chi connectivity index (χ4v) is 2.68. The monoisotopic (exact) mass is 358 g/mol. The van der Waals surface area contributed by atoms with Gasteiger partial charge in [-0.05, 0) is 54.5 Å². The SMILES string of the molecule is Cc1cc(C(=O)OCCOC(C)(C)C)sc1OCCOC(C)(C)C. The molecule has 1 aromatic rings. The van der Waals surface area contributed by atoms with Crippen LogP contribution in [0, 0.1) is 6.92 Å². The van der Waals surface area contributed by atoms with Crippen molar-refractivity contribution in [1.29, 1.82) is 0 Å². The Morgan fingerprint density at radius 1 is 0.958 bits per heavy atom. The summed E-state index contributed by atoms with van der Waals surface area (Å²) in [6.07, 6.45) is 0. The maximum absolute atomic E-state index is 12.0. The van der Waals surface area contributed by atoms with Crippen LogP contribution in [-0.2, 0) is 14.2 Å². The lowest BCUT2D eigenvalue weighted by molar-refractivity contribution is -0.0280. The molecule has 0 fully saturated rings. The quantitative estimate of drug-likeness (QED) is 0.514. The molecule has 0 radical (unpaired) electrons. The Kier molecular flexibility index (Phi) is 7.70. The molecule has 0 amide bonds. The Morgan fingerprint density at radius 2 is 1.50 bits per heavy atom. The van der Waals surface area contributed by atoms with E-state index in [1.807, 2.05) is 48.5 Å². The van der Waals surface area contributed by atoms with Crippen LogP contribution in [-0.4, -0.2) is 43.6 Å². The summed E-state index contributed by atoms with van der Waals surface area (Å²) in [5, 5.41) is 0.727. The van der Waals surface area contributed by atoms with Gasteiger partial charge in [0.1, 0.15) is 18.1 Å². The molecule has 0 bridgehead atoms. The number of esters is 1. The molecule has 24 heavy (non-hydrogen) atoms. The van der Waals surface area contributed by atoms with E-state index < -0.39 is 0 Å². The highest BCUT2D eigenvalue weighted by atomic mass is 32.1. The minimum absolute atomic E-state index is 0.183. The minimum atomic E-state index is -0.346. The number of hydrogen-bond donors (Lipinski definition) is 0. The first kappa shape index (κ1) is 20.9. The van der Waals surface area contributed by atoms with Crippen molar-refractivity contribution in [1.82, 2.24) is 0 Å². The van der Waals surface area contributed by atoms with Gasteiger partial charge in [-0.1, -0.05) is 11.3 Å². The second kappa shape index (κ2) is 8.83. The fraction of sp³-hybridized carbons (Fsp3) is 0.722. The van der Waals surface area contributed by atoms with E-state index in [1.54, 1.807) is 6.07 Å². The van der Waals surface area contributed by atoms with E-state index in [-0.39, 0.29) is 23.8 Å². The van der Waals surface area contributed by atoms with Crippen LogP contribution in [0.1, 0.15) is 56.8 Å². The summed E-state index contributed by atoms with van der Waals surface area (Å²) in [6.45, 7) is 15.4. The summed E-state index contributed by atoms with van der Waals surface area (Å²) in [7, 11) is 0. The van der Waals surface area contributed by atoms with Gasteiger partial charge in [-0.2, -0.15) is 0 Å². The summed E-state index contributed by atoms with van der Waals surface area (Å²) in [6, 6.07) is 1.79. The second-order valence-corrected chi connectivity index (χ2v) is 8.50. The molecule has 0 unspecified atom stereocenters. The van der Waals surface area contributed by atoms with Gasteiger partial charge in [0, 0.05) is 5.56 Å². The molecule has 138 valence electrons. The van der Waals surface area contributed by atoms with Crippen molar-refractivity contribution in [3.63, 3.8) is 0 Å². The molecule has 0 aliphatic rings. The lowest BCUT2D eigenvalue weighted by atomic mass is 10.2. The fourth-order valence-electron chi connectivity index (χ4n) is 1.74. The van der Waals surface area contributed by atoms with Crippen LogP contribution in [0.15, 0.2) is 6.07 Å². The van der Waals surface area contributed by atoms with Crippen LogP contribution < -0.4 is 4.74 Å². The third kappa shape index (κ3) is 8.66. The first-order valence-corrected chi connectivity index (χ1v) is 8.98. The van der Waals surface area contributed by atoms with Crippen molar-refractivity contribution in [2.45, 2.75) is 59.7 Å². The van der Waals surface area contributed by atoms with E-state index in [2.05, 4.69) is 0 Å². The molecule has 0 spiro atoms. The van der Waals surface area contributed by atoms with Gasteiger partial charge in [-0.25, -0.2) is 4.79 Å². The average molecular weight is 359 g/mol. The molecule has 0 aliphatic heterocycles. The van der Waals surface area contributed by atoms with E-state index in [9.17, 15) is 4.79 Å². The van der Waals surface area contributed by atoms with Gasteiger partial charge in [0.25, 0.3) is 0 Å². The highest BCUT2D eigenvalue weighted by Gasteiger charge is 2.16. The first-order valence-electron chi connectivity index (χ1n) is 8.16. The van der Waals surface area contributed by atoms with Gasteiger partial charge in [0.2, 0.25) is 0 Å². The summed E-state index contributed by atoms with van der Waals surface area (Å²) in [4.78, 5) is 12.6. The molecule has 6 heteroatoms. The van der Waals surface area contributed by atoms with Crippen molar-refractivity contribution in [3.8, 4) is 5.06 Å². The number of ether oxygens (including phenoxy) is 4. The predicted octanol–water partition coefficient (Wildman–Crippen LogP) is 4.22. The molecule has 0 atom stereocenters. The van der Waals surface area contributed by atoms with Crippen LogP contribution in [0.5, 0.6) is 5.06 Å².